The molecule has 4 nitrogen and oxygen atoms in total. The Kier molecular flexibility index (Phi) is 3.40. The molecule has 1 amide bonds. The van der Waals surface area contributed by atoms with E-state index in [1.807, 2.05) is 18.2 Å². The van der Waals surface area contributed by atoms with Gasteiger partial charge in [-0.05, 0) is 57.0 Å². The number of carbonyl (C=O) groups is 1. The fourth-order valence-corrected chi connectivity index (χ4v) is 3.69. The van der Waals surface area contributed by atoms with Crippen LogP contribution in [0.2, 0.25) is 5.02 Å². The topological polar surface area (TPSA) is 44.4 Å². The fourth-order valence-electron chi connectivity index (χ4n) is 3.50. The first-order chi connectivity index (χ1) is 10.2. The Bertz CT molecular complexity index is 565. The lowest BCUT2D eigenvalue weighted by Crippen LogP contribution is -2.45. The summed E-state index contributed by atoms with van der Waals surface area (Å²) in [4.78, 5) is 14.8. The highest BCUT2D eigenvalue weighted by Crippen LogP contribution is 2.34. The molecule has 2 fully saturated rings. The van der Waals surface area contributed by atoms with Gasteiger partial charge in [0.05, 0.1) is 0 Å². The summed E-state index contributed by atoms with van der Waals surface area (Å²) < 4.78 is 0. The number of likely N-dealkylation sites (tertiary alicyclic amines) is 1. The van der Waals surface area contributed by atoms with Crippen molar-refractivity contribution in [3.63, 3.8) is 0 Å². The number of piperidine rings is 1. The molecule has 4 rings (SSSR count). The van der Waals surface area contributed by atoms with Gasteiger partial charge in [0.1, 0.15) is 6.04 Å². The summed E-state index contributed by atoms with van der Waals surface area (Å²) >= 11 is 6.07. The lowest BCUT2D eigenvalue weighted by atomic mass is 10.0. The van der Waals surface area contributed by atoms with Gasteiger partial charge in [0, 0.05) is 28.4 Å². The molecule has 21 heavy (non-hydrogen) atoms. The SMILES string of the molecule is O=C1Nc2ccc(Cl)cc2C1NC1CCN(C2CC2)CC1. The molecular weight excluding hydrogens is 286 g/mol. The summed E-state index contributed by atoms with van der Waals surface area (Å²) in [5, 5.41) is 7.15. The number of fused-ring (bicyclic) bond motifs is 1. The average Bonchev–Trinajstić information content (AvgIpc) is 3.28. The zero-order valence-electron chi connectivity index (χ0n) is 11.9. The van der Waals surface area contributed by atoms with E-state index in [2.05, 4.69) is 15.5 Å². The van der Waals surface area contributed by atoms with Crippen LogP contribution in [0.4, 0.5) is 5.69 Å². The zero-order valence-corrected chi connectivity index (χ0v) is 12.7. The van der Waals surface area contributed by atoms with Crippen molar-refractivity contribution in [2.75, 3.05) is 18.4 Å². The normalized spacial score (nSPS) is 26.7. The van der Waals surface area contributed by atoms with Gasteiger partial charge < -0.3 is 10.2 Å². The van der Waals surface area contributed by atoms with Gasteiger partial charge in [0.25, 0.3) is 0 Å². The number of nitrogens with zero attached hydrogens (tertiary/aromatic N) is 1. The zero-order chi connectivity index (χ0) is 14.4. The highest BCUT2D eigenvalue weighted by Gasteiger charge is 2.35. The molecule has 3 aliphatic rings. The maximum Gasteiger partial charge on any atom is 0.246 e. The molecule has 1 atom stereocenters. The molecule has 0 aromatic heterocycles. The molecule has 0 radical (unpaired) electrons. The Hall–Kier alpha value is -1.10. The van der Waals surface area contributed by atoms with E-state index in [9.17, 15) is 4.79 Å². The number of benzene rings is 1. The Morgan fingerprint density at radius 2 is 1.95 bits per heavy atom. The molecule has 112 valence electrons. The summed E-state index contributed by atoms with van der Waals surface area (Å²) in [5.74, 6) is 0.0388. The quantitative estimate of drug-likeness (QED) is 0.902. The monoisotopic (exact) mass is 305 g/mol. The molecule has 1 aliphatic carbocycles. The van der Waals surface area contributed by atoms with Crippen molar-refractivity contribution in [3.8, 4) is 0 Å². The van der Waals surface area contributed by atoms with Gasteiger partial charge >= 0.3 is 0 Å². The number of anilines is 1. The molecule has 0 spiro atoms. The van der Waals surface area contributed by atoms with Gasteiger partial charge in [-0.3, -0.25) is 10.1 Å². The summed E-state index contributed by atoms with van der Waals surface area (Å²) in [6, 6.07) is 6.60. The van der Waals surface area contributed by atoms with E-state index in [4.69, 9.17) is 11.6 Å². The Morgan fingerprint density at radius 1 is 1.19 bits per heavy atom. The molecule has 1 aromatic rings. The molecule has 1 saturated heterocycles. The molecule has 2 aliphatic heterocycles. The van der Waals surface area contributed by atoms with Crippen LogP contribution in [-0.2, 0) is 4.79 Å². The summed E-state index contributed by atoms with van der Waals surface area (Å²) in [6.45, 7) is 2.30. The van der Waals surface area contributed by atoms with Crippen LogP contribution in [0.15, 0.2) is 18.2 Å². The van der Waals surface area contributed by atoms with Crippen molar-refractivity contribution in [2.24, 2.45) is 0 Å². The Labute approximate surface area is 129 Å². The lowest BCUT2D eigenvalue weighted by molar-refractivity contribution is -0.118. The summed E-state index contributed by atoms with van der Waals surface area (Å²) in [7, 11) is 0. The van der Waals surface area contributed by atoms with Crippen LogP contribution in [0.1, 0.15) is 37.3 Å². The number of amides is 1. The molecule has 1 unspecified atom stereocenters. The molecule has 5 heteroatoms. The fraction of sp³-hybridized carbons (Fsp3) is 0.562. The van der Waals surface area contributed by atoms with Crippen LogP contribution < -0.4 is 10.6 Å². The molecule has 1 saturated carbocycles. The van der Waals surface area contributed by atoms with Crippen molar-refractivity contribution in [2.45, 2.75) is 43.8 Å². The summed E-state index contributed by atoms with van der Waals surface area (Å²) in [5.41, 5.74) is 1.87. The van der Waals surface area contributed by atoms with Crippen LogP contribution in [0.5, 0.6) is 0 Å². The van der Waals surface area contributed by atoms with Crippen molar-refractivity contribution in [1.29, 1.82) is 0 Å². The average molecular weight is 306 g/mol. The number of nitrogens with one attached hydrogen (secondary N) is 2. The highest BCUT2D eigenvalue weighted by atomic mass is 35.5. The second-order valence-corrected chi connectivity index (χ2v) is 6.80. The number of hydrogen-bond acceptors (Lipinski definition) is 3. The third kappa shape index (κ3) is 2.68. The maximum absolute atomic E-state index is 12.2. The van der Waals surface area contributed by atoms with Gasteiger partial charge in [0.15, 0.2) is 0 Å². The highest BCUT2D eigenvalue weighted by molar-refractivity contribution is 6.31. The third-order valence-corrected chi connectivity index (χ3v) is 5.07. The molecular formula is C16H20ClN3O. The van der Waals surface area contributed by atoms with Crippen LogP contribution in [-0.4, -0.2) is 36.0 Å². The van der Waals surface area contributed by atoms with E-state index < -0.39 is 0 Å². The minimum atomic E-state index is -0.254. The number of carbonyl (C=O) groups excluding carboxylic acids is 1. The van der Waals surface area contributed by atoms with Crippen LogP contribution in [0, 0.1) is 0 Å². The minimum Gasteiger partial charge on any atom is -0.324 e. The van der Waals surface area contributed by atoms with Crippen molar-refractivity contribution >= 4 is 23.2 Å². The minimum absolute atomic E-state index is 0.0388. The summed E-state index contributed by atoms with van der Waals surface area (Å²) in [6.07, 6.45) is 4.98. The van der Waals surface area contributed by atoms with Crippen LogP contribution >= 0.6 is 11.6 Å². The molecule has 2 N–H and O–H groups in total. The van der Waals surface area contributed by atoms with Crippen molar-refractivity contribution in [3.05, 3.63) is 28.8 Å². The Balaban J connectivity index is 1.43. The first kappa shape index (κ1) is 13.6. The van der Waals surface area contributed by atoms with E-state index >= 15 is 0 Å². The predicted octanol–water partition coefficient (Wildman–Crippen LogP) is 2.55. The standard InChI is InChI=1S/C16H20ClN3O/c17-10-1-4-14-13(9-10)15(16(21)19-14)18-11-5-7-20(8-6-11)12-2-3-12/h1,4,9,11-12,15,18H,2-3,5-8H2,(H,19,21). The number of hydrogen-bond donors (Lipinski definition) is 2. The number of rotatable bonds is 3. The van der Waals surface area contributed by atoms with Crippen LogP contribution in [0.25, 0.3) is 0 Å². The largest absolute Gasteiger partial charge is 0.324 e. The maximum atomic E-state index is 12.2. The van der Waals surface area contributed by atoms with Gasteiger partial charge in [-0.15, -0.1) is 0 Å². The first-order valence-corrected chi connectivity index (χ1v) is 8.19. The predicted molar refractivity (Wildman–Crippen MR) is 83.6 cm³/mol. The molecule has 0 bridgehead atoms. The van der Waals surface area contributed by atoms with Crippen LogP contribution in [0.3, 0.4) is 0 Å². The second-order valence-electron chi connectivity index (χ2n) is 6.36. The van der Waals surface area contributed by atoms with Gasteiger partial charge in [-0.2, -0.15) is 0 Å². The van der Waals surface area contributed by atoms with E-state index in [1.54, 1.807) is 0 Å². The van der Waals surface area contributed by atoms with Gasteiger partial charge in [0.2, 0.25) is 5.91 Å². The number of halogens is 1. The van der Waals surface area contributed by atoms with E-state index in [-0.39, 0.29) is 11.9 Å². The van der Waals surface area contributed by atoms with E-state index in [0.29, 0.717) is 11.1 Å². The van der Waals surface area contributed by atoms with E-state index in [1.165, 1.54) is 12.8 Å². The van der Waals surface area contributed by atoms with Gasteiger partial charge in [-0.25, -0.2) is 0 Å². The van der Waals surface area contributed by atoms with Crippen molar-refractivity contribution in [1.82, 2.24) is 10.2 Å². The smallest absolute Gasteiger partial charge is 0.246 e. The second kappa shape index (κ2) is 5.27. The lowest BCUT2D eigenvalue weighted by Gasteiger charge is -2.33. The third-order valence-electron chi connectivity index (χ3n) is 4.84. The molecule has 2 heterocycles. The van der Waals surface area contributed by atoms with E-state index in [0.717, 1.165) is 43.2 Å². The van der Waals surface area contributed by atoms with Crippen molar-refractivity contribution < 1.29 is 4.79 Å². The van der Waals surface area contributed by atoms with Gasteiger partial charge in [-0.1, -0.05) is 11.6 Å². The Morgan fingerprint density at radius 3 is 2.67 bits per heavy atom. The first-order valence-electron chi connectivity index (χ1n) is 7.81. The molecule has 1 aromatic carbocycles.